The van der Waals surface area contributed by atoms with E-state index in [2.05, 4.69) is 0 Å². The van der Waals surface area contributed by atoms with Crippen LogP contribution in [0.1, 0.15) is 17.5 Å². The van der Waals surface area contributed by atoms with E-state index < -0.39 is 4.92 Å². The standard InChI is InChI=1S/C12H15N3O3/c1-7-4-11(15(17)18)8(2)3-10(7)14-6-9(13)5-12(14)16/h3-4,9H,5-6,13H2,1-2H3. The van der Waals surface area contributed by atoms with E-state index in [-0.39, 0.29) is 17.6 Å². The molecule has 1 fully saturated rings. The number of benzene rings is 1. The number of nitro groups is 1. The van der Waals surface area contributed by atoms with Crippen LogP contribution in [0.5, 0.6) is 0 Å². The summed E-state index contributed by atoms with van der Waals surface area (Å²) in [6, 6.07) is 3.03. The minimum Gasteiger partial charge on any atom is -0.326 e. The Kier molecular flexibility index (Phi) is 3.04. The number of hydrogen-bond acceptors (Lipinski definition) is 4. The Morgan fingerprint density at radius 1 is 1.39 bits per heavy atom. The molecule has 96 valence electrons. The Morgan fingerprint density at radius 2 is 2.06 bits per heavy atom. The summed E-state index contributed by atoms with van der Waals surface area (Å²) in [5, 5.41) is 10.8. The quantitative estimate of drug-likeness (QED) is 0.631. The van der Waals surface area contributed by atoms with Gasteiger partial charge in [0.1, 0.15) is 0 Å². The summed E-state index contributed by atoms with van der Waals surface area (Å²) in [5.74, 6) is -0.0288. The van der Waals surface area contributed by atoms with Crippen LogP contribution in [0.15, 0.2) is 12.1 Å². The van der Waals surface area contributed by atoms with E-state index in [1.165, 1.54) is 6.07 Å². The SMILES string of the molecule is Cc1cc([N+](=O)[O-])c(C)cc1N1CC(N)CC1=O. The first-order valence-corrected chi connectivity index (χ1v) is 5.71. The fourth-order valence-corrected chi connectivity index (χ4v) is 2.24. The maximum absolute atomic E-state index is 11.8. The van der Waals surface area contributed by atoms with Crippen LogP contribution in [0.4, 0.5) is 11.4 Å². The zero-order valence-corrected chi connectivity index (χ0v) is 10.3. The molecule has 2 N–H and O–H groups in total. The third-order valence-electron chi connectivity index (χ3n) is 3.16. The highest BCUT2D eigenvalue weighted by Gasteiger charge is 2.29. The Labute approximate surface area is 105 Å². The lowest BCUT2D eigenvalue weighted by Gasteiger charge is -2.19. The lowest BCUT2D eigenvalue weighted by Crippen LogP contribution is -2.28. The normalized spacial score (nSPS) is 19.4. The number of nitrogens with two attached hydrogens (primary N) is 1. The molecule has 1 saturated heterocycles. The molecule has 0 aromatic heterocycles. The molecule has 2 rings (SSSR count). The van der Waals surface area contributed by atoms with Crippen molar-refractivity contribution in [3.63, 3.8) is 0 Å². The average molecular weight is 249 g/mol. The molecule has 6 heteroatoms. The fraction of sp³-hybridized carbons (Fsp3) is 0.417. The van der Waals surface area contributed by atoms with Gasteiger partial charge < -0.3 is 10.6 Å². The number of hydrogen-bond donors (Lipinski definition) is 1. The van der Waals surface area contributed by atoms with Crippen molar-refractivity contribution in [2.24, 2.45) is 5.73 Å². The Bertz CT molecular complexity index is 528. The summed E-state index contributed by atoms with van der Waals surface area (Å²) in [4.78, 5) is 23.8. The van der Waals surface area contributed by atoms with Gasteiger partial charge in [0.2, 0.25) is 5.91 Å². The van der Waals surface area contributed by atoms with Crippen molar-refractivity contribution in [3.8, 4) is 0 Å². The highest BCUT2D eigenvalue weighted by atomic mass is 16.6. The Hall–Kier alpha value is -1.95. The Morgan fingerprint density at radius 3 is 2.56 bits per heavy atom. The topological polar surface area (TPSA) is 89.5 Å². The molecule has 0 radical (unpaired) electrons. The summed E-state index contributed by atoms with van der Waals surface area (Å²) >= 11 is 0. The summed E-state index contributed by atoms with van der Waals surface area (Å²) in [7, 11) is 0. The molecule has 0 saturated carbocycles. The molecule has 18 heavy (non-hydrogen) atoms. The maximum Gasteiger partial charge on any atom is 0.272 e. The third kappa shape index (κ3) is 2.06. The van der Waals surface area contributed by atoms with E-state index in [9.17, 15) is 14.9 Å². The minimum absolute atomic E-state index is 0.0288. The number of rotatable bonds is 2. The molecule has 1 atom stereocenters. The van der Waals surface area contributed by atoms with Crippen LogP contribution in [0.3, 0.4) is 0 Å². The second kappa shape index (κ2) is 4.38. The smallest absolute Gasteiger partial charge is 0.272 e. The predicted molar refractivity (Wildman–Crippen MR) is 67.5 cm³/mol. The lowest BCUT2D eigenvalue weighted by molar-refractivity contribution is -0.385. The molecule has 1 aliphatic heterocycles. The van der Waals surface area contributed by atoms with Crippen molar-refractivity contribution in [3.05, 3.63) is 33.4 Å². The fourth-order valence-electron chi connectivity index (χ4n) is 2.24. The van der Waals surface area contributed by atoms with E-state index in [4.69, 9.17) is 5.73 Å². The van der Waals surface area contributed by atoms with Crippen LogP contribution in [0.2, 0.25) is 0 Å². The van der Waals surface area contributed by atoms with Crippen LogP contribution < -0.4 is 10.6 Å². The van der Waals surface area contributed by atoms with Gasteiger partial charge in [-0.25, -0.2) is 0 Å². The number of aryl methyl sites for hydroxylation is 2. The van der Waals surface area contributed by atoms with E-state index in [1.54, 1.807) is 24.8 Å². The van der Waals surface area contributed by atoms with Crippen LogP contribution in [-0.4, -0.2) is 23.4 Å². The first-order valence-electron chi connectivity index (χ1n) is 5.71. The van der Waals surface area contributed by atoms with Crippen molar-refractivity contribution in [1.29, 1.82) is 0 Å². The first-order chi connectivity index (χ1) is 8.40. The van der Waals surface area contributed by atoms with Crippen LogP contribution in [0.25, 0.3) is 0 Å². The van der Waals surface area contributed by atoms with Gasteiger partial charge in [0, 0.05) is 36.3 Å². The second-order valence-corrected chi connectivity index (χ2v) is 4.65. The zero-order chi connectivity index (χ0) is 13.4. The van der Waals surface area contributed by atoms with Gasteiger partial charge >= 0.3 is 0 Å². The van der Waals surface area contributed by atoms with Gasteiger partial charge in [-0.3, -0.25) is 14.9 Å². The van der Waals surface area contributed by atoms with Crippen molar-refractivity contribution in [2.75, 3.05) is 11.4 Å². The number of carbonyl (C=O) groups excluding carboxylic acids is 1. The molecule has 1 aliphatic rings. The van der Waals surface area contributed by atoms with Gasteiger partial charge in [-0.1, -0.05) is 0 Å². The van der Waals surface area contributed by atoms with Crippen molar-refractivity contribution in [2.45, 2.75) is 26.3 Å². The molecule has 1 unspecified atom stereocenters. The second-order valence-electron chi connectivity index (χ2n) is 4.65. The molecular weight excluding hydrogens is 234 g/mol. The summed E-state index contributed by atoms with van der Waals surface area (Å²) < 4.78 is 0. The molecular formula is C12H15N3O3. The molecule has 1 heterocycles. The van der Waals surface area contributed by atoms with E-state index in [1.807, 2.05) is 0 Å². The van der Waals surface area contributed by atoms with Crippen LogP contribution in [0, 0.1) is 24.0 Å². The maximum atomic E-state index is 11.8. The van der Waals surface area contributed by atoms with Crippen molar-refractivity contribution < 1.29 is 9.72 Å². The molecule has 1 aromatic carbocycles. The summed E-state index contributed by atoms with van der Waals surface area (Å²) in [6.07, 6.45) is 0.329. The lowest BCUT2D eigenvalue weighted by atomic mass is 10.1. The zero-order valence-electron chi connectivity index (χ0n) is 10.3. The summed E-state index contributed by atoms with van der Waals surface area (Å²) in [5.41, 5.74) is 7.81. The minimum atomic E-state index is -0.413. The molecule has 0 spiro atoms. The molecule has 0 bridgehead atoms. The van der Waals surface area contributed by atoms with Crippen LogP contribution >= 0.6 is 0 Å². The Balaban J connectivity index is 2.44. The number of anilines is 1. The molecule has 0 aliphatic carbocycles. The number of amides is 1. The van der Waals surface area contributed by atoms with E-state index in [0.29, 0.717) is 18.5 Å². The highest BCUT2D eigenvalue weighted by molar-refractivity contribution is 5.97. The van der Waals surface area contributed by atoms with Gasteiger partial charge in [-0.05, 0) is 25.5 Å². The van der Waals surface area contributed by atoms with Gasteiger partial charge in [-0.2, -0.15) is 0 Å². The largest absolute Gasteiger partial charge is 0.326 e. The van der Waals surface area contributed by atoms with Crippen molar-refractivity contribution in [1.82, 2.24) is 0 Å². The number of nitrogens with zero attached hydrogens (tertiary/aromatic N) is 2. The average Bonchev–Trinajstić information content (AvgIpc) is 2.60. The molecule has 1 aromatic rings. The monoisotopic (exact) mass is 249 g/mol. The predicted octanol–water partition coefficient (Wildman–Crippen LogP) is 1.28. The van der Waals surface area contributed by atoms with E-state index in [0.717, 1.165) is 11.3 Å². The molecule has 1 amide bonds. The van der Waals surface area contributed by atoms with Gasteiger partial charge in [-0.15, -0.1) is 0 Å². The van der Waals surface area contributed by atoms with Crippen LogP contribution in [-0.2, 0) is 4.79 Å². The number of carbonyl (C=O) groups is 1. The van der Waals surface area contributed by atoms with Gasteiger partial charge in [0.05, 0.1) is 4.92 Å². The number of nitro benzene ring substituents is 1. The first kappa shape index (κ1) is 12.5. The third-order valence-corrected chi connectivity index (χ3v) is 3.16. The van der Waals surface area contributed by atoms with Gasteiger partial charge in [0.15, 0.2) is 0 Å². The van der Waals surface area contributed by atoms with E-state index >= 15 is 0 Å². The molecule has 6 nitrogen and oxygen atoms in total. The summed E-state index contributed by atoms with van der Waals surface area (Å²) in [6.45, 7) is 3.90. The van der Waals surface area contributed by atoms with Crippen molar-refractivity contribution >= 4 is 17.3 Å². The van der Waals surface area contributed by atoms with Gasteiger partial charge in [0.25, 0.3) is 5.69 Å². The highest BCUT2D eigenvalue weighted by Crippen LogP contribution is 2.30.